The summed E-state index contributed by atoms with van der Waals surface area (Å²) in [5.41, 5.74) is 1.17. The van der Waals surface area contributed by atoms with E-state index in [-0.39, 0.29) is 55.8 Å². The Kier molecular flexibility index (Phi) is 12.8. The third kappa shape index (κ3) is 10.3. The first-order valence-electron chi connectivity index (χ1n) is 11.1. The van der Waals surface area contributed by atoms with Crippen LogP contribution in [0.2, 0.25) is 0 Å². The maximum absolute atomic E-state index is 11.9. The molecule has 0 unspecified atom stereocenters. The maximum Gasteiger partial charge on any atom is 0.320 e. The van der Waals surface area contributed by atoms with Gasteiger partial charge in [0.05, 0.1) is 11.4 Å². The Balaban J connectivity index is 0.00000612. The molecule has 1 aliphatic heterocycles. The van der Waals surface area contributed by atoms with Gasteiger partial charge in [-0.3, -0.25) is 34.0 Å². The first-order chi connectivity index (χ1) is 16.1. The largest absolute Gasteiger partial charge is 0.481 e. The molecular formula is C22H32MnN4O8. The summed E-state index contributed by atoms with van der Waals surface area (Å²) in [7, 11) is 1.83. The summed E-state index contributed by atoms with van der Waals surface area (Å²) in [6.07, 6.45) is -0.602. The monoisotopic (exact) mass is 535 g/mol. The zero-order valence-corrected chi connectivity index (χ0v) is 20.7. The molecule has 195 valence electrons. The zero-order valence-electron chi connectivity index (χ0n) is 19.5. The van der Waals surface area contributed by atoms with Crippen LogP contribution in [-0.2, 0) is 49.3 Å². The quantitative estimate of drug-likeness (QED) is 0.302. The molecular weight excluding hydrogens is 503 g/mol. The van der Waals surface area contributed by atoms with Crippen molar-refractivity contribution in [2.75, 3.05) is 33.2 Å². The van der Waals surface area contributed by atoms with E-state index >= 15 is 0 Å². The summed E-state index contributed by atoms with van der Waals surface area (Å²) in [6.45, 7) is 2.02. The normalized spacial score (nSPS) is 17.7. The summed E-state index contributed by atoms with van der Waals surface area (Å²) >= 11 is 0. The number of likely N-dealkylation sites (N-methyl/N-ethyl adjacent to an activating group) is 1. The third-order valence-corrected chi connectivity index (χ3v) is 5.85. The molecule has 0 saturated carbocycles. The smallest absolute Gasteiger partial charge is 0.320 e. The molecule has 0 aliphatic carbocycles. The Bertz CT molecular complexity index is 822. The van der Waals surface area contributed by atoms with Crippen molar-refractivity contribution in [1.29, 1.82) is 0 Å². The molecule has 12 nitrogen and oxygen atoms in total. The second-order valence-electron chi connectivity index (χ2n) is 8.44. The number of carboxylic acid groups (broad SMARTS) is 4. The van der Waals surface area contributed by atoms with Crippen molar-refractivity contribution in [2.24, 2.45) is 0 Å². The molecule has 2 atom stereocenters. The molecule has 0 amide bonds. The fourth-order valence-electron chi connectivity index (χ4n) is 3.97. The van der Waals surface area contributed by atoms with Crippen LogP contribution in [0.3, 0.4) is 0 Å². The molecule has 1 aromatic heterocycles. The van der Waals surface area contributed by atoms with Crippen LogP contribution in [0.1, 0.15) is 37.1 Å². The van der Waals surface area contributed by atoms with Gasteiger partial charge >= 0.3 is 23.9 Å². The number of hydrogen-bond donors (Lipinski definition) is 4. The van der Waals surface area contributed by atoms with Crippen LogP contribution < -0.4 is 0 Å². The number of fused-ring (bicyclic) bond motifs is 2. The van der Waals surface area contributed by atoms with Crippen LogP contribution >= 0.6 is 0 Å². The van der Waals surface area contributed by atoms with Crippen molar-refractivity contribution in [1.82, 2.24) is 19.7 Å². The Morgan fingerprint density at radius 2 is 1.20 bits per heavy atom. The van der Waals surface area contributed by atoms with Gasteiger partial charge in [-0.1, -0.05) is 6.07 Å². The van der Waals surface area contributed by atoms with Crippen LogP contribution in [0, 0.1) is 0 Å². The van der Waals surface area contributed by atoms with Crippen molar-refractivity contribution < 1.29 is 56.7 Å². The van der Waals surface area contributed by atoms with Crippen LogP contribution in [0.5, 0.6) is 0 Å². The molecule has 0 aromatic carbocycles. The van der Waals surface area contributed by atoms with Crippen molar-refractivity contribution in [3.8, 4) is 0 Å². The molecule has 1 radical (unpaired) electrons. The molecule has 1 aromatic rings. The average molecular weight is 535 g/mol. The van der Waals surface area contributed by atoms with E-state index in [0.29, 0.717) is 37.6 Å². The van der Waals surface area contributed by atoms with Gasteiger partial charge in [-0.15, -0.1) is 0 Å². The number of aromatic nitrogens is 1. The van der Waals surface area contributed by atoms with Gasteiger partial charge in [-0.25, -0.2) is 0 Å². The molecule has 2 rings (SSSR count). The molecule has 1 aliphatic rings. The topological polar surface area (TPSA) is 172 Å². The van der Waals surface area contributed by atoms with E-state index in [1.165, 1.54) is 0 Å². The molecule has 2 heterocycles. The van der Waals surface area contributed by atoms with Gasteiger partial charge in [-0.2, -0.15) is 0 Å². The second-order valence-corrected chi connectivity index (χ2v) is 8.44. The molecule has 0 saturated heterocycles. The van der Waals surface area contributed by atoms with Gasteiger partial charge in [0.15, 0.2) is 0 Å². The molecule has 35 heavy (non-hydrogen) atoms. The van der Waals surface area contributed by atoms with E-state index in [0.717, 1.165) is 0 Å². The third-order valence-electron chi connectivity index (χ3n) is 5.85. The Morgan fingerprint density at radius 1 is 0.800 bits per heavy atom. The molecule has 0 spiro atoms. The minimum atomic E-state index is -1.10. The predicted molar refractivity (Wildman–Crippen MR) is 119 cm³/mol. The van der Waals surface area contributed by atoms with Crippen molar-refractivity contribution in [3.05, 3.63) is 29.6 Å². The molecule has 2 bridgehead atoms. The predicted octanol–water partition coefficient (Wildman–Crippen LogP) is 0.265. The first kappa shape index (κ1) is 30.5. The van der Waals surface area contributed by atoms with Crippen LogP contribution in [0.15, 0.2) is 18.2 Å². The minimum absolute atomic E-state index is 0. The molecule has 0 fully saturated rings. The van der Waals surface area contributed by atoms with Crippen LogP contribution in [0.25, 0.3) is 0 Å². The number of nitrogens with zero attached hydrogens (tertiary/aromatic N) is 4. The zero-order chi connectivity index (χ0) is 25.3. The van der Waals surface area contributed by atoms with Gasteiger partial charge in [0, 0.05) is 69.2 Å². The summed E-state index contributed by atoms with van der Waals surface area (Å²) in [5.74, 6) is -4.32. The van der Waals surface area contributed by atoms with Crippen LogP contribution in [0.4, 0.5) is 0 Å². The number of carboxylic acids is 4. The van der Waals surface area contributed by atoms with Gasteiger partial charge < -0.3 is 25.3 Å². The summed E-state index contributed by atoms with van der Waals surface area (Å²) in [6, 6.07) is 3.27. The van der Waals surface area contributed by atoms with Gasteiger partial charge in [0.25, 0.3) is 0 Å². The molecule has 13 heteroatoms. The van der Waals surface area contributed by atoms with Crippen molar-refractivity contribution in [2.45, 2.75) is 50.9 Å². The fraction of sp³-hybridized carbons (Fsp3) is 0.591. The van der Waals surface area contributed by atoms with Gasteiger partial charge in [0.1, 0.15) is 12.1 Å². The summed E-state index contributed by atoms with van der Waals surface area (Å²) in [4.78, 5) is 55.8. The number of carbonyl (C=O) groups is 4. The Morgan fingerprint density at radius 3 is 1.54 bits per heavy atom. The van der Waals surface area contributed by atoms with E-state index in [1.807, 2.05) is 11.9 Å². The van der Waals surface area contributed by atoms with E-state index in [1.54, 1.807) is 28.0 Å². The number of aliphatic carboxylic acids is 4. The van der Waals surface area contributed by atoms with Crippen LogP contribution in [-0.4, -0.2) is 109 Å². The van der Waals surface area contributed by atoms with E-state index in [9.17, 15) is 29.4 Å². The summed E-state index contributed by atoms with van der Waals surface area (Å²) in [5, 5.41) is 37.5. The van der Waals surface area contributed by atoms with Gasteiger partial charge in [-0.05, 0) is 32.0 Å². The van der Waals surface area contributed by atoms with E-state index in [4.69, 9.17) is 10.2 Å². The van der Waals surface area contributed by atoms with Crippen molar-refractivity contribution in [3.63, 3.8) is 0 Å². The molecule has 4 N–H and O–H groups in total. The van der Waals surface area contributed by atoms with E-state index in [2.05, 4.69) is 4.98 Å². The van der Waals surface area contributed by atoms with Gasteiger partial charge in [0.2, 0.25) is 0 Å². The minimum Gasteiger partial charge on any atom is -0.481 e. The second kappa shape index (κ2) is 14.7. The van der Waals surface area contributed by atoms with E-state index < -0.39 is 36.0 Å². The number of hydrogen-bond acceptors (Lipinski definition) is 8. The first-order valence-corrected chi connectivity index (χ1v) is 11.1. The average Bonchev–Trinajstić information content (AvgIpc) is 2.74. The number of rotatable bonds is 10. The summed E-state index contributed by atoms with van der Waals surface area (Å²) < 4.78 is 0. The standard InChI is InChI=1S/C22H32N4O8.Mn/c1-24-9-11-25(17(21(31)32)5-7-19(27)28)13-15-3-2-4-16(23-15)14-26(12-10-24)18(22(33)34)6-8-20(29)30;/h2-4,17-18H,5-14H2,1H3,(H,27,28)(H,29,30)(H,31,32)(H,33,34);/t17-,18+;. The van der Waals surface area contributed by atoms with Crippen molar-refractivity contribution >= 4 is 23.9 Å². The fourth-order valence-corrected chi connectivity index (χ4v) is 3.97. The Labute approximate surface area is 214 Å². The Hall–Kier alpha value is -2.57. The SMILES string of the molecule is CN1CCN([C@H](CCC(=O)O)C(=O)O)Cc2cccc(n2)CN([C@@H](CCC(=O)O)C(=O)O)CC1.[Mn]. The maximum atomic E-state index is 11.9. The number of pyridine rings is 1.